The molecule has 0 unspecified atom stereocenters. The minimum atomic E-state index is -0.795. The Balaban J connectivity index is 1.79. The first-order valence-corrected chi connectivity index (χ1v) is 11.0. The van der Waals surface area contributed by atoms with Gasteiger partial charge in [0.05, 0.1) is 31.1 Å². The average molecular weight is 446 g/mol. The molecule has 176 valence electrons. The molecule has 0 bridgehead atoms. The Kier molecular flexibility index (Phi) is 10.9. The van der Waals surface area contributed by atoms with Crippen molar-refractivity contribution in [2.75, 3.05) is 37.9 Å². The Morgan fingerprint density at radius 1 is 1.16 bits per heavy atom. The fourth-order valence-corrected chi connectivity index (χ4v) is 3.16. The van der Waals surface area contributed by atoms with E-state index in [-0.39, 0.29) is 6.54 Å². The number of anilines is 2. The highest BCUT2D eigenvalue weighted by Gasteiger charge is 2.16. The van der Waals surface area contributed by atoms with Crippen molar-refractivity contribution in [3.05, 3.63) is 42.2 Å². The molecule has 2 rings (SSSR count). The molecule has 0 saturated carbocycles. The number of aromatic nitrogens is 2. The molecule has 2 amide bonds. The van der Waals surface area contributed by atoms with Crippen LogP contribution >= 0.6 is 0 Å². The van der Waals surface area contributed by atoms with E-state index in [1.54, 1.807) is 18.3 Å². The van der Waals surface area contributed by atoms with Crippen LogP contribution in [-0.2, 0) is 27.5 Å². The van der Waals surface area contributed by atoms with E-state index < -0.39 is 17.9 Å². The van der Waals surface area contributed by atoms with Gasteiger partial charge in [0.15, 0.2) is 0 Å². The highest BCUT2D eigenvalue weighted by atomic mass is 16.5. The molecule has 32 heavy (non-hydrogen) atoms. The molecule has 0 aliphatic carbocycles. The molecule has 0 saturated heterocycles. The smallest absolute Gasteiger partial charge is 0.314 e. The quantitative estimate of drug-likeness (QED) is 0.323. The fourth-order valence-electron chi connectivity index (χ4n) is 3.16. The summed E-state index contributed by atoms with van der Waals surface area (Å²) in [7, 11) is 3.74. The Hall–Kier alpha value is -2.75. The van der Waals surface area contributed by atoms with Gasteiger partial charge in [-0.3, -0.25) is 14.3 Å². The molecule has 0 aliphatic rings. The van der Waals surface area contributed by atoms with Gasteiger partial charge in [-0.2, -0.15) is 5.10 Å². The second kappa shape index (κ2) is 13.6. The molecule has 1 aromatic heterocycles. The minimum Gasteiger partial charge on any atom is -0.390 e. The van der Waals surface area contributed by atoms with E-state index in [2.05, 4.69) is 22.7 Å². The number of carbonyl (C=O) groups is 2. The van der Waals surface area contributed by atoms with E-state index in [1.165, 1.54) is 23.7 Å². The lowest BCUT2D eigenvalue weighted by Crippen LogP contribution is -2.30. The molecule has 0 radical (unpaired) electrons. The average Bonchev–Trinajstić information content (AvgIpc) is 3.16. The van der Waals surface area contributed by atoms with Crippen LogP contribution in [-0.4, -0.2) is 65.0 Å². The van der Waals surface area contributed by atoms with Gasteiger partial charge >= 0.3 is 11.8 Å². The van der Waals surface area contributed by atoms with Crippen molar-refractivity contribution in [1.29, 1.82) is 0 Å². The third kappa shape index (κ3) is 9.59. The molecule has 2 aromatic rings. The number of nitrogens with one attached hydrogen (secondary N) is 2. The molecule has 0 spiro atoms. The molecule has 9 nitrogen and oxygen atoms in total. The third-order valence-corrected chi connectivity index (χ3v) is 4.67. The summed E-state index contributed by atoms with van der Waals surface area (Å²) in [4.78, 5) is 26.4. The van der Waals surface area contributed by atoms with Crippen molar-refractivity contribution < 1.29 is 19.4 Å². The van der Waals surface area contributed by atoms with Crippen LogP contribution in [0.4, 0.5) is 11.4 Å². The molecular formula is C23H35N5O4. The second-order valence-electron chi connectivity index (χ2n) is 8.09. The molecule has 1 heterocycles. The number of ether oxygens (including phenoxy) is 1. The number of likely N-dealkylation sites (N-methyl/N-ethyl adjacent to an activating group) is 1. The molecule has 3 N–H and O–H groups in total. The maximum Gasteiger partial charge on any atom is 0.314 e. The molecule has 0 fully saturated rings. The Morgan fingerprint density at radius 3 is 2.62 bits per heavy atom. The first-order valence-electron chi connectivity index (χ1n) is 11.0. The summed E-state index contributed by atoms with van der Waals surface area (Å²) < 4.78 is 7.20. The van der Waals surface area contributed by atoms with Gasteiger partial charge in [-0.15, -0.1) is 0 Å². The van der Waals surface area contributed by atoms with Crippen molar-refractivity contribution in [3.63, 3.8) is 0 Å². The molecule has 1 atom stereocenters. The number of aliphatic hydroxyl groups is 1. The zero-order chi connectivity index (χ0) is 23.3. The van der Waals surface area contributed by atoms with E-state index in [0.29, 0.717) is 31.1 Å². The zero-order valence-electron chi connectivity index (χ0n) is 19.2. The number of carbonyl (C=O) groups excluding carboxylic acids is 2. The summed E-state index contributed by atoms with van der Waals surface area (Å²) >= 11 is 0. The summed E-state index contributed by atoms with van der Waals surface area (Å²) in [6.45, 7) is 4.12. The van der Waals surface area contributed by atoms with Crippen LogP contribution in [0.25, 0.3) is 0 Å². The summed E-state index contributed by atoms with van der Waals surface area (Å²) in [5.41, 5.74) is 1.84. The first kappa shape index (κ1) is 25.5. The Labute approximate surface area is 189 Å². The zero-order valence-corrected chi connectivity index (χ0v) is 19.2. The number of rotatable bonds is 13. The van der Waals surface area contributed by atoms with Gasteiger partial charge in [0.25, 0.3) is 0 Å². The number of amides is 2. The third-order valence-electron chi connectivity index (χ3n) is 4.67. The van der Waals surface area contributed by atoms with Gasteiger partial charge in [-0.05, 0) is 38.2 Å². The lowest BCUT2D eigenvalue weighted by atomic mass is 10.2. The molecule has 1 aromatic carbocycles. The van der Waals surface area contributed by atoms with Gasteiger partial charge in [-0.25, -0.2) is 0 Å². The highest BCUT2D eigenvalue weighted by Crippen LogP contribution is 2.13. The first-order chi connectivity index (χ1) is 15.4. The molecule has 0 aliphatic heterocycles. The van der Waals surface area contributed by atoms with Crippen LogP contribution in [0.2, 0.25) is 0 Å². The van der Waals surface area contributed by atoms with Gasteiger partial charge < -0.3 is 25.4 Å². The number of nitrogens with zero attached hydrogens (tertiary/aromatic N) is 3. The van der Waals surface area contributed by atoms with Crippen molar-refractivity contribution in [2.24, 2.45) is 0 Å². The number of benzene rings is 1. The Morgan fingerprint density at radius 2 is 1.91 bits per heavy atom. The standard InChI is InChI=1S/C23H35N5O4/c1-4-5-6-7-11-32-17-18-9-8-10-19(12-18)25-22(30)23(31)26-20-13-24-28(14-20)16-21(29)15-27(2)3/h8-10,12-14,21,29H,4-7,11,15-17H2,1-3H3,(H,25,30)(H,26,31)/t21-/m0/s1. The summed E-state index contributed by atoms with van der Waals surface area (Å²) in [5.74, 6) is -1.57. The van der Waals surface area contributed by atoms with Gasteiger partial charge in [0, 0.05) is 25.0 Å². The van der Waals surface area contributed by atoms with Crippen molar-refractivity contribution >= 4 is 23.2 Å². The van der Waals surface area contributed by atoms with Crippen LogP contribution in [0.3, 0.4) is 0 Å². The number of hydrogen-bond donors (Lipinski definition) is 3. The Bertz CT molecular complexity index is 852. The molecule has 9 heteroatoms. The van der Waals surface area contributed by atoms with Gasteiger partial charge in [0.2, 0.25) is 0 Å². The predicted octanol–water partition coefficient (Wildman–Crippen LogP) is 2.48. The van der Waals surface area contributed by atoms with E-state index in [0.717, 1.165) is 18.4 Å². The van der Waals surface area contributed by atoms with E-state index in [4.69, 9.17) is 4.74 Å². The fraction of sp³-hybridized carbons (Fsp3) is 0.522. The maximum atomic E-state index is 12.3. The monoisotopic (exact) mass is 445 g/mol. The van der Waals surface area contributed by atoms with Crippen molar-refractivity contribution in [3.8, 4) is 0 Å². The summed E-state index contributed by atoms with van der Waals surface area (Å²) in [6, 6.07) is 7.24. The van der Waals surface area contributed by atoms with Crippen molar-refractivity contribution in [2.45, 2.75) is 51.9 Å². The van der Waals surface area contributed by atoms with Crippen LogP contribution in [0.5, 0.6) is 0 Å². The SMILES string of the molecule is CCCCCCOCc1cccc(NC(=O)C(=O)Nc2cnn(C[C@@H](O)CN(C)C)c2)c1. The lowest BCUT2D eigenvalue weighted by molar-refractivity contribution is -0.133. The number of unbranched alkanes of at least 4 members (excludes halogenated alkanes) is 3. The summed E-state index contributed by atoms with van der Waals surface area (Å²) in [5, 5.41) is 19.2. The topological polar surface area (TPSA) is 109 Å². The number of aliphatic hydroxyl groups excluding tert-OH is 1. The van der Waals surface area contributed by atoms with Crippen LogP contribution < -0.4 is 10.6 Å². The highest BCUT2D eigenvalue weighted by molar-refractivity contribution is 6.43. The molecular weight excluding hydrogens is 410 g/mol. The van der Waals surface area contributed by atoms with Crippen molar-refractivity contribution in [1.82, 2.24) is 14.7 Å². The van der Waals surface area contributed by atoms with E-state index >= 15 is 0 Å². The van der Waals surface area contributed by atoms with Crippen LogP contribution in [0.1, 0.15) is 38.2 Å². The van der Waals surface area contributed by atoms with Crippen LogP contribution in [0, 0.1) is 0 Å². The van der Waals surface area contributed by atoms with Crippen LogP contribution in [0.15, 0.2) is 36.7 Å². The van der Waals surface area contributed by atoms with E-state index in [9.17, 15) is 14.7 Å². The minimum absolute atomic E-state index is 0.285. The lowest BCUT2D eigenvalue weighted by Gasteiger charge is -2.15. The van der Waals surface area contributed by atoms with E-state index in [1.807, 2.05) is 31.1 Å². The van der Waals surface area contributed by atoms with Gasteiger partial charge in [-0.1, -0.05) is 38.3 Å². The van der Waals surface area contributed by atoms with Gasteiger partial charge in [0.1, 0.15) is 0 Å². The summed E-state index contributed by atoms with van der Waals surface area (Å²) in [6.07, 6.45) is 7.02. The largest absolute Gasteiger partial charge is 0.390 e. The second-order valence-corrected chi connectivity index (χ2v) is 8.09. The maximum absolute atomic E-state index is 12.3. The normalized spacial score (nSPS) is 12.0. The number of hydrogen-bond acceptors (Lipinski definition) is 6. The predicted molar refractivity (Wildman–Crippen MR) is 124 cm³/mol.